The monoisotopic (exact) mass is 555 g/mol. The van der Waals surface area contributed by atoms with Crippen LogP contribution >= 0.6 is 0 Å². The molecule has 0 aromatic rings. The van der Waals surface area contributed by atoms with Crippen LogP contribution in [0.3, 0.4) is 0 Å². The average Bonchev–Trinajstić information content (AvgIpc) is 3.39. The molecule has 1 aliphatic rings. The number of aliphatic imine (C=N–C) groups is 2. The summed E-state index contributed by atoms with van der Waals surface area (Å²) in [6.45, 7) is 1.04. The number of nitrogens with zero attached hydrogens (tertiary/aromatic N) is 2. The van der Waals surface area contributed by atoms with Gasteiger partial charge in [-0.2, -0.15) is 0 Å². The molecule has 4 atom stereocenters. The van der Waals surface area contributed by atoms with E-state index in [1.807, 2.05) is 0 Å². The first-order chi connectivity index (χ1) is 18.4. The van der Waals surface area contributed by atoms with Crippen LogP contribution in [-0.4, -0.2) is 90.4 Å². The lowest BCUT2D eigenvalue weighted by atomic mass is 10.1. The molecule has 4 unspecified atom stereocenters. The molecule has 0 bridgehead atoms. The van der Waals surface area contributed by atoms with Gasteiger partial charge in [-0.05, 0) is 51.5 Å². The molecule has 17 heteroatoms. The molecule has 0 aliphatic carbocycles. The quantitative estimate of drug-likeness (QED) is 0.0437. The Balaban J connectivity index is 3.02. The van der Waals surface area contributed by atoms with Crippen LogP contribution in [-0.2, 0) is 24.0 Å². The minimum Gasteiger partial charge on any atom is -0.480 e. The molecule has 0 aromatic heterocycles. The van der Waals surface area contributed by atoms with Crippen molar-refractivity contribution in [2.75, 3.05) is 19.6 Å². The van der Waals surface area contributed by atoms with Crippen molar-refractivity contribution < 1.29 is 29.1 Å². The number of primary amides is 1. The van der Waals surface area contributed by atoms with Crippen molar-refractivity contribution in [1.29, 1.82) is 0 Å². The molecule has 4 amide bonds. The summed E-state index contributed by atoms with van der Waals surface area (Å²) in [6, 6.07) is -4.07. The van der Waals surface area contributed by atoms with Gasteiger partial charge in [0.1, 0.15) is 18.1 Å². The molecule has 1 aliphatic heterocycles. The molecule has 1 fully saturated rings. The lowest BCUT2D eigenvalue weighted by Gasteiger charge is -2.25. The molecule has 220 valence electrons. The van der Waals surface area contributed by atoms with Crippen molar-refractivity contribution in [3.63, 3.8) is 0 Å². The highest BCUT2D eigenvalue weighted by molar-refractivity contribution is 5.94. The minimum absolute atomic E-state index is 0.0510. The minimum atomic E-state index is -1.41. The number of hydrogen-bond acceptors (Lipinski definition) is 8. The van der Waals surface area contributed by atoms with Gasteiger partial charge in [0.25, 0.3) is 0 Å². The highest BCUT2D eigenvalue weighted by Crippen LogP contribution is 2.08. The van der Waals surface area contributed by atoms with Crippen molar-refractivity contribution >= 4 is 41.5 Å². The number of carboxylic acid groups (broad SMARTS) is 1. The van der Waals surface area contributed by atoms with E-state index in [2.05, 4.69) is 31.3 Å². The Hall–Kier alpha value is -4.15. The Kier molecular flexibility index (Phi) is 14.6. The first-order valence-electron chi connectivity index (χ1n) is 12.7. The number of carboxylic acids is 1. The fourth-order valence-corrected chi connectivity index (χ4v) is 3.81. The molecule has 17 nitrogen and oxygen atoms in total. The van der Waals surface area contributed by atoms with Crippen molar-refractivity contribution in [2.45, 2.75) is 75.5 Å². The largest absolute Gasteiger partial charge is 0.480 e. The van der Waals surface area contributed by atoms with Crippen LogP contribution in [0.25, 0.3) is 0 Å². The zero-order valence-corrected chi connectivity index (χ0v) is 21.9. The second-order valence-corrected chi connectivity index (χ2v) is 9.07. The van der Waals surface area contributed by atoms with Gasteiger partial charge in [-0.25, -0.2) is 4.79 Å². The highest BCUT2D eigenvalue weighted by atomic mass is 16.4. The number of hydrogen-bond donors (Lipinski definition) is 10. The van der Waals surface area contributed by atoms with Gasteiger partial charge >= 0.3 is 5.97 Å². The summed E-state index contributed by atoms with van der Waals surface area (Å²) in [5, 5.41) is 20.1. The van der Waals surface area contributed by atoms with E-state index in [1.54, 1.807) is 0 Å². The summed E-state index contributed by atoms with van der Waals surface area (Å²) in [4.78, 5) is 69.4. The van der Waals surface area contributed by atoms with Gasteiger partial charge in [0.05, 0.1) is 6.04 Å². The van der Waals surface area contributed by atoms with E-state index in [9.17, 15) is 29.1 Å². The van der Waals surface area contributed by atoms with Crippen molar-refractivity contribution in [3.05, 3.63) is 0 Å². The third-order valence-corrected chi connectivity index (χ3v) is 5.83. The number of nitrogens with one attached hydrogen (secondary N) is 4. The van der Waals surface area contributed by atoms with E-state index >= 15 is 0 Å². The first-order valence-corrected chi connectivity index (χ1v) is 12.7. The molecule has 0 radical (unpaired) electrons. The number of carbonyl (C=O) groups excluding carboxylic acids is 4. The lowest BCUT2D eigenvalue weighted by molar-refractivity contribution is -0.142. The molecule has 1 saturated heterocycles. The molecular formula is C22H41N11O6. The Labute approximate surface area is 226 Å². The van der Waals surface area contributed by atoms with Crippen LogP contribution < -0.4 is 49.9 Å². The maximum Gasteiger partial charge on any atom is 0.326 e. The Morgan fingerprint density at radius 2 is 1.31 bits per heavy atom. The van der Waals surface area contributed by atoms with E-state index in [4.69, 9.17) is 28.7 Å². The maximum atomic E-state index is 13.3. The normalized spacial score (nSPS) is 16.7. The summed E-state index contributed by atoms with van der Waals surface area (Å²) in [7, 11) is 0. The Bertz CT molecular complexity index is 912. The number of carbonyl (C=O) groups is 5. The van der Waals surface area contributed by atoms with Crippen molar-refractivity contribution in [1.82, 2.24) is 21.3 Å². The second-order valence-electron chi connectivity index (χ2n) is 9.07. The average molecular weight is 556 g/mol. The van der Waals surface area contributed by atoms with E-state index in [0.717, 1.165) is 6.42 Å². The SMILES string of the molecule is NC(=O)CCC(NC(=O)C(CCCN=C(N)N)NC(=O)C(CCCN=C(N)N)NC(=O)C1CCCN1)C(=O)O. The van der Waals surface area contributed by atoms with Crippen LogP contribution in [0.4, 0.5) is 0 Å². The summed E-state index contributed by atoms with van der Waals surface area (Å²) >= 11 is 0. The third-order valence-electron chi connectivity index (χ3n) is 5.83. The van der Waals surface area contributed by atoms with Crippen LogP contribution in [0.1, 0.15) is 51.4 Å². The number of nitrogens with two attached hydrogens (primary N) is 5. The fourth-order valence-electron chi connectivity index (χ4n) is 3.81. The number of rotatable bonds is 18. The van der Waals surface area contributed by atoms with Crippen LogP contribution in [0.2, 0.25) is 0 Å². The molecule has 1 heterocycles. The zero-order chi connectivity index (χ0) is 29.4. The van der Waals surface area contributed by atoms with Gasteiger partial charge in [-0.15, -0.1) is 0 Å². The summed E-state index contributed by atoms with van der Waals surface area (Å²) in [5.41, 5.74) is 26.4. The molecular weight excluding hydrogens is 514 g/mol. The van der Waals surface area contributed by atoms with Crippen molar-refractivity contribution in [3.8, 4) is 0 Å². The molecule has 0 aromatic carbocycles. The maximum absolute atomic E-state index is 13.3. The van der Waals surface area contributed by atoms with Gasteiger partial charge in [0, 0.05) is 19.5 Å². The molecule has 0 saturated carbocycles. The summed E-state index contributed by atoms with van der Waals surface area (Å²) in [5.74, 6) is -4.18. The van der Waals surface area contributed by atoms with Gasteiger partial charge in [0.2, 0.25) is 23.6 Å². The first kappa shape index (κ1) is 32.9. The topological polar surface area (TPSA) is 309 Å². The van der Waals surface area contributed by atoms with Crippen LogP contribution in [0.15, 0.2) is 9.98 Å². The number of aliphatic carboxylic acids is 1. The molecule has 15 N–H and O–H groups in total. The zero-order valence-electron chi connectivity index (χ0n) is 21.9. The molecule has 1 rings (SSSR count). The number of guanidine groups is 2. The van der Waals surface area contributed by atoms with Crippen molar-refractivity contribution in [2.24, 2.45) is 38.7 Å². The lowest BCUT2D eigenvalue weighted by Crippen LogP contribution is -2.57. The summed E-state index contributed by atoms with van der Waals surface area (Å²) in [6.07, 6.45) is 1.77. The molecule has 39 heavy (non-hydrogen) atoms. The number of amides is 4. The predicted octanol–water partition coefficient (Wildman–Crippen LogP) is -4.35. The predicted molar refractivity (Wildman–Crippen MR) is 143 cm³/mol. The van der Waals surface area contributed by atoms with Gasteiger partial charge < -0.3 is 55.0 Å². The van der Waals surface area contributed by atoms with E-state index < -0.39 is 47.9 Å². The standard InChI is InChI=1S/C22H41N11O6/c23-16(34)8-7-15(20(38)39)33-19(37)14(6-3-11-30-22(26)27)32-18(36)13(5-2-10-29-21(24)25)31-17(35)12-4-1-9-28-12/h12-15,28H,1-11H2,(H2,23,34)(H,31,35)(H,32,36)(H,33,37)(H,38,39)(H4,24,25,29)(H4,26,27,30). The van der Waals surface area contributed by atoms with Gasteiger partial charge in [0.15, 0.2) is 11.9 Å². The highest BCUT2D eigenvalue weighted by Gasteiger charge is 2.31. The fraction of sp³-hybridized carbons (Fsp3) is 0.682. The van der Waals surface area contributed by atoms with Gasteiger partial charge in [-0.1, -0.05) is 0 Å². The van der Waals surface area contributed by atoms with E-state index in [-0.39, 0.29) is 63.0 Å². The Morgan fingerprint density at radius 3 is 1.74 bits per heavy atom. The summed E-state index contributed by atoms with van der Waals surface area (Å²) < 4.78 is 0. The van der Waals surface area contributed by atoms with E-state index in [0.29, 0.717) is 19.4 Å². The molecule has 0 spiro atoms. The van der Waals surface area contributed by atoms with Crippen LogP contribution in [0.5, 0.6) is 0 Å². The Morgan fingerprint density at radius 1 is 0.795 bits per heavy atom. The van der Waals surface area contributed by atoms with E-state index in [1.165, 1.54) is 0 Å². The smallest absolute Gasteiger partial charge is 0.326 e. The van der Waals surface area contributed by atoms with Crippen LogP contribution in [0, 0.1) is 0 Å². The third kappa shape index (κ3) is 13.8. The van der Waals surface area contributed by atoms with Gasteiger partial charge in [-0.3, -0.25) is 29.2 Å². The second kappa shape index (κ2) is 17.4.